The molecule has 1 aromatic carbocycles. The summed E-state index contributed by atoms with van der Waals surface area (Å²) in [6.45, 7) is 8.25. The van der Waals surface area contributed by atoms with Crippen LogP contribution in [0.4, 0.5) is 15.2 Å². The summed E-state index contributed by atoms with van der Waals surface area (Å²) in [7, 11) is 0. The lowest BCUT2D eigenvalue weighted by Crippen LogP contribution is -2.32. The molecular weight excluding hydrogens is 449 g/mol. The highest BCUT2D eigenvalue weighted by atomic mass is 32.2. The van der Waals surface area contributed by atoms with Crippen LogP contribution in [0.5, 0.6) is 0 Å². The molecular formula is C22H26FN5O2S2. The minimum Gasteiger partial charge on any atom is -0.348 e. The Morgan fingerprint density at radius 1 is 1.31 bits per heavy atom. The first-order valence-corrected chi connectivity index (χ1v) is 12.5. The van der Waals surface area contributed by atoms with Crippen molar-refractivity contribution in [2.24, 2.45) is 5.92 Å². The highest BCUT2D eigenvalue weighted by Crippen LogP contribution is 2.30. The Balaban J connectivity index is 1.53. The lowest BCUT2D eigenvalue weighted by molar-refractivity contribution is -0.113. The van der Waals surface area contributed by atoms with Gasteiger partial charge in [0.25, 0.3) is 5.56 Å². The number of nitrogens with one attached hydrogen (secondary N) is 1. The van der Waals surface area contributed by atoms with E-state index in [-0.39, 0.29) is 17.2 Å². The zero-order valence-corrected chi connectivity index (χ0v) is 20.0. The van der Waals surface area contributed by atoms with Crippen molar-refractivity contribution in [3.8, 4) is 0 Å². The molecule has 170 valence electrons. The van der Waals surface area contributed by atoms with Crippen LogP contribution in [0, 0.1) is 18.7 Å². The maximum atomic E-state index is 13.5. The molecule has 0 unspecified atom stereocenters. The van der Waals surface area contributed by atoms with Gasteiger partial charge in [-0.25, -0.2) is 9.37 Å². The normalized spacial score (nSPS) is 14.8. The number of benzene rings is 1. The molecule has 1 aliphatic rings. The van der Waals surface area contributed by atoms with Crippen molar-refractivity contribution < 1.29 is 9.18 Å². The van der Waals surface area contributed by atoms with E-state index in [9.17, 15) is 14.0 Å². The Morgan fingerprint density at radius 3 is 2.78 bits per heavy atom. The summed E-state index contributed by atoms with van der Waals surface area (Å²) < 4.78 is 15.6. The predicted molar refractivity (Wildman–Crippen MR) is 128 cm³/mol. The van der Waals surface area contributed by atoms with Crippen LogP contribution in [0.1, 0.15) is 32.3 Å². The maximum Gasteiger partial charge on any atom is 0.273 e. The molecule has 10 heteroatoms. The third-order valence-corrected chi connectivity index (χ3v) is 7.72. The zero-order valence-electron chi connectivity index (χ0n) is 18.4. The van der Waals surface area contributed by atoms with Crippen LogP contribution in [0.25, 0.3) is 10.3 Å². The van der Waals surface area contributed by atoms with Gasteiger partial charge in [-0.3, -0.25) is 14.2 Å². The summed E-state index contributed by atoms with van der Waals surface area (Å²) in [5.41, 5.74) is 1.52. The Labute approximate surface area is 194 Å². The summed E-state index contributed by atoms with van der Waals surface area (Å²) in [5, 5.41) is 4.02. The van der Waals surface area contributed by atoms with E-state index in [1.807, 2.05) is 6.92 Å². The second-order valence-electron chi connectivity index (χ2n) is 8.06. The number of hydrogen-bond acceptors (Lipinski definition) is 7. The molecule has 3 aromatic rings. The molecule has 0 aliphatic carbocycles. The van der Waals surface area contributed by atoms with Crippen molar-refractivity contribution in [3.63, 3.8) is 0 Å². The van der Waals surface area contributed by atoms with Crippen LogP contribution in [-0.2, 0) is 11.3 Å². The fraction of sp³-hybridized carbons (Fsp3) is 0.455. The van der Waals surface area contributed by atoms with Crippen LogP contribution >= 0.6 is 23.1 Å². The monoisotopic (exact) mass is 475 g/mol. The van der Waals surface area contributed by atoms with Gasteiger partial charge in [-0.05, 0) is 50.3 Å². The molecule has 32 heavy (non-hydrogen) atoms. The number of thiazole rings is 1. The molecule has 1 amide bonds. The van der Waals surface area contributed by atoms with Crippen LogP contribution in [0.2, 0.25) is 0 Å². The molecule has 7 nitrogen and oxygen atoms in total. The van der Waals surface area contributed by atoms with Crippen molar-refractivity contribution >= 4 is 50.2 Å². The van der Waals surface area contributed by atoms with E-state index in [4.69, 9.17) is 0 Å². The largest absolute Gasteiger partial charge is 0.348 e. The topological polar surface area (TPSA) is 80.1 Å². The SMILES string of the molecule is CCn1c(SCC(=O)Nc2cc(F)ccc2C)nc2nc(N3CCC(C)CC3)sc2c1=O. The Kier molecular flexibility index (Phi) is 6.80. The van der Waals surface area contributed by atoms with Gasteiger partial charge < -0.3 is 10.2 Å². The third-order valence-electron chi connectivity index (χ3n) is 5.65. The second-order valence-corrected chi connectivity index (χ2v) is 9.98. The average molecular weight is 476 g/mol. The molecule has 0 saturated carbocycles. The average Bonchev–Trinajstić information content (AvgIpc) is 3.20. The standard InChI is InChI=1S/C22H26FN5O2S2/c1-4-28-20(30)18-19(25-21(32-18)27-9-7-13(2)8-10-27)26-22(28)31-12-17(29)24-16-11-15(23)6-5-14(16)3/h5-6,11,13H,4,7-10,12H2,1-3H3,(H,24,29). The second kappa shape index (κ2) is 9.58. The van der Waals surface area contributed by atoms with Crippen LogP contribution < -0.4 is 15.8 Å². The molecule has 0 atom stereocenters. The number of thioether (sulfide) groups is 1. The number of carbonyl (C=O) groups is 1. The van der Waals surface area contributed by atoms with Gasteiger partial charge in [-0.1, -0.05) is 36.1 Å². The van der Waals surface area contributed by atoms with Gasteiger partial charge in [-0.2, -0.15) is 4.98 Å². The Bertz CT molecular complexity index is 1200. The van der Waals surface area contributed by atoms with E-state index < -0.39 is 5.82 Å². The molecule has 4 rings (SSSR count). The van der Waals surface area contributed by atoms with E-state index >= 15 is 0 Å². The molecule has 0 bridgehead atoms. The summed E-state index contributed by atoms with van der Waals surface area (Å²) >= 11 is 2.57. The highest BCUT2D eigenvalue weighted by Gasteiger charge is 2.22. The lowest BCUT2D eigenvalue weighted by atomic mass is 10.00. The molecule has 1 saturated heterocycles. The van der Waals surface area contributed by atoms with Crippen molar-refractivity contribution in [1.29, 1.82) is 0 Å². The van der Waals surface area contributed by atoms with Crippen molar-refractivity contribution in [3.05, 3.63) is 39.9 Å². The summed E-state index contributed by atoms with van der Waals surface area (Å²) in [6.07, 6.45) is 2.23. The number of aryl methyl sites for hydroxylation is 1. The summed E-state index contributed by atoms with van der Waals surface area (Å²) in [5.74, 6) is 0.0611. The number of amides is 1. The van der Waals surface area contributed by atoms with Crippen molar-refractivity contribution in [2.45, 2.75) is 45.3 Å². The predicted octanol–water partition coefficient (Wildman–Crippen LogP) is 4.29. The molecule has 1 fully saturated rings. The molecule has 0 spiro atoms. The highest BCUT2D eigenvalue weighted by molar-refractivity contribution is 7.99. The van der Waals surface area contributed by atoms with Gasteiger partial charge in [0.15, 0.2) is 15.9 Å². The van der Waals surface area contributed by atoms with Crippen molar-refractivity contribution in [1.82, 2.24) is 14.5 Å². The lowest BCUT2D eigenvalue weighted by Gasteiger charge is -2.29. The third kappa shape index (κ3) is 4.80. The molecule has 1 aliphatic heterocycles. The first-order chi connectivity index (χ1) is 15.4. The molecule has 1 N–H and O–H groups in total. The van der Waals surface area contributed by atoms with E-state index in [0.29, 0.717) is 33.7 Å². The number of carbonyl (C=O) groups excluding carboxylic acids is 1. The molecule has 3 heterocycles. The fourth-order valence-corrected chi connectivity index (χ4v) is 5.50. The minimum absolute atomic E-state index is 0.0505. The fourth-order valence-electron chi connectivity index (χ4n) is 3.65. The summed E-state index contributed by atoms with van der Waals surface area (Å²) in [6, 6.07) is 4.26. The van der Waals surface area contributed by atoms with Gasteiger partial charge >= 0.3 is 0 Å². The smallest absolute Gasteiger partial charge is 0.273 e. The number of aromatic nitrogens is 3. The Morgan fingerprint density at radius 2 is 2.06 bits per heavy atom. The van der Waals surface area contributed by atoms with Gasteiger partial charge in [0.05, 0.1) is 5.75 Å². The van der Waals surface area contributed by atoms with Gasteiger partial charge in [0, 0.05) is 25.3 Å². The minimum atomic E-state index is -0.409. The Hall–Kier alpha value is -2.46. The van der Waals surface area contributed by atoms with Crippen molar-refractivity contribution in [2.75, 3.05) is 29.1 Å². The zero-order chi connectivity index (χ0) is 22.8. The van der Waals surface area contributed by atoms with Crippen LogP contribution in [0.15, 0.2) is 28.2 Å². The number of nitrogens with zero attached hydrogens (tertiary/aromatic N) is 4. The number of rotatable bonds is 6. The van der Waals surface area contributed by atoms with Gasteiger partial charge in [0.1, 0.15) is 10.5 Å². The first-order valence-electron chi connectivity index (χ1n) is 10.7. The number of fused-ring (bicyclic) bond motifs is 1. The van der Waals surface area contributed by atoms with E-state index in [1.54, 1.807) is 17.6 Å². The molecule has 0 radical (unpaired) electrons. The number of halogens is 1. The quantitative estimate of drug-likeness (QED) is 0.423. The van der Waals surface area contributed by atoms with Gasteiger partial charge in [0.2, 0.25) is 5.91 Å². The van der Waals surface area contributed by atoms with Crippen LogP contribution in [-0.4, -0.2) is 39.3 Å². The van der Waals surface area contributed by atoms with E-state index in [1.165, 1.54) is 35.2 Å². The number of piperidine rings is 1. The maximum absolute atomic E-state index is 13.5. The molecule has 2 aromatic heterocycles. The summed E-state index contributed by atoms with van der Waals surface area (Å²) in [4.78, 5) is 37.0. The van der Waals surface area contributed by atoms with E-state index in [2.05, 4.69) is 27.1 Å². The first kappa shape index (κ1) is 22.7. The number of hydrogen-bond donors (Lipinski definition) is 1. The van der Waals surface area contributed by atoms with Crippen LogP contribution in [0.3, 0.4) is 0 Å². The van der Waals surface area contributed by atoms with E-state index in [0.717, 1.165) is 36.6 Å². The van der Waals surface area contributed by atoms with Gasteiger partial charge in [-0.15, -0.1) is 0 Å². The number of anilines is 2.